The number of alkyl halides is 6. The van der Waals surface area contributed by atoms with Crippen molar-refractivity contribution in [3.05, 3.63) is 179 Å². The molecule has 0 heterocycles. The van der Waals surface area contributed by atoms with Gasteiger partial charge in [0.2, 0.25) is 0 Å². The molecule has 6 aromatic rings. The smallest absolute Gasteiger partial charge is 0.416 e. The van der Waals surface area contributed by atoms with Crippen molar-refractivity contribution in [1.82, 2.24) is 5.32 Å². The molecule has 6 aromatic carbocycles. The fraction of sp³-hybridized carbons (Fsp3) is 0.250. The number of halogens is 6. The molecular formula is C52H49F6NO7. The van der Waals surface area contributed by atoms with Crippen molar-refractivity contribution in [1.29, 1.82) is 0 Å². The molecule has 8 nitrogen and oxygen atoms in total. The first-order chi connectivity index (χ1) is 31.4. The topological polar surface area (TPSA) is 111 Å². The van der Waals surface area contributed by atoms with Crippen LogP contribution in [0.4, 0.5) is 26.3 Å². The average Bonchev–Trinajstić information content (AvgIpc) is 3.31. The van der Waals surface area contributed by atoms with Crippen LogP contribution in [0.2, 0.25) is 0 Å². The van der Waals surface area contributed by atoms with Gasteiger partial charge >= 0.3 is 24.3 Å². The molecule has 0 radical (unpaired) electrons. The molecule has 66 heavy (non-hydrogen) atoms. The first-order valence-corrected chi connectivity index (χ1v) is 21.1. The minimum atomic E-state index is -4.35. The number of nitrogens with one attached hydrogen (secondary N) is 1. The van der Waals surface area contributed by atoms with E-state index in [1.54, 1.807) is 36.4 Å². The fourth-order valence-corrected chi connectivity index (χ4v) is 6.66. The van der Waals surface area contributed by atoms with Gasteiger partial charge in [-0.05, 0) is 119 Å². The van der Waals surface area contributed by atoms with E-state index in [2.05, 4.69) is 10.1 Å². The fourth-order valence-electron chi connectivity index (χ4n) is 6.66. The minimum Gasteiger partial charge on any atom is -0.490 e. The number of methoxy groups -OCH3 is 1. The predicted molar refractivity (Wildman–Crippen MR) is 239 cm³/mol. The molecule has 0 saturated carbocycles. The average molecular weight is 914 g/mol. The van der Waals surface area contributed by atoms with Crippen LogP contribution in [0.1, 0.15) is 76.1 Å². The summed E-state index contributed by atoms with van der Waals surface area (Å²) in [5.41, 5.74) is 4.52. The van der Waals surface area contributed by atoms with Crippen LogP contribution in [0.25, 0.3) is 22.3 Å². The van der Waals surface area contributed by atoms with Crippen molar-refractivity contribution in [2.75, 3.05) is 13.7 Å². The van der Waals surface area contributed by atoms with E-state index in [1.165, 1.54) is 43.5 Å². The van der Waals surface area contributed by atoms with Gasteiger partial charge in [-0.3, -0.25) is 9.59 Å². The number of carboxylic acids is 1. The zero-order chi connectivity index (χ0) is 47.9. The second-order valence-corrected chi connectivity index (χ2v) is 15.2. The number of carbonyl (C=O) groups excluding carboxylic acids is 2. The van der Waals surface area contributed by atoms with Gasteiger partial charge in [-0.15, -0.1) is 0 Å². The number of benzene rings is 6. The zero-order valence-electron chi connectivity index (χ0n) is 36.4. The predicted octanol–water partition coefficient (Wildman–Crippen LogP) is 12.5. The Morgan fingerprint density at radius 2 is 0.879 bits per heavy atom. The molecular weight excluding hydrogens is 865 g/mol. The van der Waals surface area contributed by atoms with Gasteiger partial charge in [-0.1, -0.05) is 86.6 Å². The molecule has 2 N–H and O–H groups in total. The van der Waals surface area contributed by atoms with Gasteiger partial charge in [0.25, 0.3) is 5.91 Å². The summed E-state index contributed by atoms with van der Waals surface area (Å²) in [4.78, 5) is 34.2. The first kappa shape index (κ1) is 49.9. The number of hydrogen-bond donors (Lipinski definition) is 2. The quantitative estimate of drug-likeness (QED) is 0.0692. The number of ether oxygens (including phenoxy) is 3. The Hall–Kier alpha value is -7.09. The van der Waals surface area contributed by atoms with Crippen molar-refractivity contribution < 1.29 is 60.0 Å². The number of esters is 1. The van der Waals surface area contributed by atoms with Crippen LogP contribution in [-0.4, -0.2) is 48.8 Å². The van der Waals surface area contributed by atoms with Gasteiger partial charge in [0.15, 0.2) is 0 Å². The Kier molecular flexibility index (Phi) is 17.5. The van der Waals surface area contributed by atoms with Crippen molar-refractivity contribution >= 4 is 17.8 Å². The summed E-state index contributed by atoms with van der Waals surface area (Å²) >= 11 is 0. The van der Waals surface area contributed by atoms with E-state index < -0.39 is 29.4 Å². The lowest BCUT2D eigenvalue weighted by Gasteiger charge is -2.18. The summed E-state index contributed by atoms with van der Waals surface area (Å²) in [5.74, 6) is -0.422. The molecule has 0 spiro atoms. The van der Waals surface area contributed by atoms with Gasteiger partial charge in [-0.25, -0.2) is 4.79 Å². The van der Waals surface area contributed by atoms with Crippen LogP contribution in [0, 0.1) is 0 Å². The summed E-state index contributed by atoms with van der Waals surface area (Å²) in [5, 5.41) is 11.6. The SMILES string of the molecule is CCC(Cc1ccc(-c2ccc(C(F)(F)F)cc2)cc1)Oc1ccc(C(=O)NCCC(=O)OC)cc1.CCC(Cc1ccc(-c2ccc(C(F)(F)F)cc2)cc1)Oc1ccc(C(=O)O)cc1. The second-order valence-electron chi connectivity index (χ2n) is 15.2. The summed E-state index contributed by atoms with van der Waals surface area (Å²) < 4.78 is 93.0. The first-order valence-electron chi connectivity index (χ1n) is 21.1. The lowest BCUT2D eigenvalue weighted by atomic mass is 10.00. The number of aromatic carboxylic acids is 1. The number of hydrogen-bond acceptors (Lipinski definition) is 6. The highest BCUT2D eigenvalue weighted by Gasteiger charge is 2.31. The van der Waals surface area contributed by atoms with Crippen LogP contribution in [0.15, 0.2) is 146 Å². The highest BCUT2D eigenvalue weighted by atomic mass is 19.4. The largest absolute Gasteiger partial charge is 0.490 e. The summed E-state index contributed by atoms with van der Waals surface area (Å²) in [6, 6.07) is 38.6. The summed E-state index contributed by atoms with van der Waals surface area (Å²) in [7, 11) is 1.30. The van der Waals surface area contributed by atoms with Crippen LogP contribution < -0.4 is 14.8 Å². The number of rotatable bonds is 17. The molecule has 0 saturated heterocycles. The third-order valence-corrected chi connectivity index (χ3v) is 10.5. The highest BCUT2D eigenvalue weighted by Crippen LogP contribution is 2.33. The van der Waals surface area contributed by atoms with E-state index >= 15 is 0 Å². The molecule has 2 unspecified atom stereocenters. The third kappa shape index (κ3) is 15.0. The van der Waals surface area contributed by atoms with Crippen molar-refractivity contribution in [3.8, 4) is 33.8 Å². The lowest BCUT2D eigenvalue weighted by molar-refractivity contribution is -0.140. The van der Waals surface area contributed by atoms with E-state index in [0.717, 1.165) is 64.9 Å². The van der Waals surface area contributed by atoms with Gasteiger partial charge in [0, 0.05) is 24.9 Å². The standard InChI is InChI=1S/C28H28F3NO4.C24H21F3O3/c1-3-24(36-25-14-10-22(11-15-25)27(34)32-17-16-26(33)35-2)18-19-4-6-20(7-5-19)21-8-12-23(13-9-21)28(29,30)31;1-2-21(30-22-13-9-19(10-14-22)23(28)29)15-16-3-5-17(6-4-16)18-7-11-20(12-8-18)24(25,26)27/h4-15,24H,3,16-18H2,1-2H3,(H,32,34);3-14,21H,2,15H2,1H3,(H,28,29). The Bertz CT molecular complexity index is 2470. The second kappa shape index (κ2) is 23.2. The molecule has 0 aliphatic heterocycles. The zero-order valence-corrected chi connectivity index (χ0v) is 36.4. The van der Waals surface area contributed by atoms with E-state index in [4.69, 9.17) is 14.6 Å². The molecule has 1 amide bonds. The Morgan fingerprint density at radius 3 is 1.20 bits per heavy atom. The van der Waals surface area contributed by atoms with Gasteiger partial charge in [-0.2, -0.15) is 26.3 Å². The molecule has 14 heteroatoms. The minimum absolute atomic E-state index is 0.0856. The number of amides is 1. The van der Waals surface area contributed by atoms with Crippen LogP contribution in [0.3, 0.4) is 0 Å². The van der Waals surface area contributed by atoms with E-state index in [-0.39, 0.29) is 42.6 Å². The Labute approximate surface area is 379 Å². The monoisotopic (exact) mass is 913 g/mol. The summed E-state index contributed by atoms with van der Waals surface area (Å²) in [6.07, 6.45) is -5.93. The maximum absolute atomic E-state index is 12.8. The van der Waals surface area contributed by atoms with Crippen molar-refractivity contribution in [2.45, 2.75) is 70.5 Å². The molecule has 0 aliphatic rings. The molecule has 0 aliphatic carbocycles. The Morgan fingerprint density at radius 1 is 0.530 bits per heavy atom. The molecule has 2 atom stereocenters. The van der Waals surface area contributed by atoms with Crippen LogP contribution in [0.5, 0.6) is 11.5 Å². The Balaban J connectivity index is 0.000000251. The van der Waals surface area contributed by atoms with E-state index in [0.29, 0.717) is 35.5 Å². The molecule has 6 rings (SSSR count). The highest BCUT2D eigenvalue weighted by molar-refractivity contribution is 5.94. The van der Waals surface area contributed by atoms with E-state index in [1.807, 2.05) is 62.4 Å². The third-order valence-electron chi connectivity index (χ3n) is 10.5. The molecule has 0 aromatic heterocycles. The molecule has 0 bridgehead atoms. The normalized spacial score (nSPS) is 12.2. The maximum Gasteiger partial charge on any atom is 0.416 e. The van der Waals surface area contributed by atoms with Crippen molar-refractivity contribution in [3.63, 3.8) is 0 Å². The number of carbonyl (C=O) groups is 3. The summed E-state index contributed by atoms with van der Waals surface area (Å²) in [6.45, 7) is 4.22. The van der Waals surface area contributed by atoms with Crippen LogP contribution in [-0.2, 0) is 34.7 Å². The molecule has 0 fully saturated rings. The number of carboxylic acid groups (broad SMARTS) is 1. The van der Waals surface area contributed by atoms with Crippen LogP contribution >= 0.6 is 0 Å². The van der Waals surface area contributed by atoms with E-state index in [9.17, 15) is 40.7 Å². The van der Waals surface area contributed by atoms with Gasteiger partial charge < -0.3 is 24.6 Å². The maximum atomic E-state index is 12.8. The van der Waals surface area contributed by atoms with Crippen molar-refractivity contribution in [2.24, 2.45) is 0 Å². The van der Waals surface area contributed by atoms with Gasteiger partial charge in [0.05, 0.1) is 30.2 Å². The molecule has 346 valence electrons. The lowest BCUT2D eigenvalue weighted by Crippen LogP contribution is -2.26. The van der Waals surface area contributed by atoms with Gasteiger partial charge in [0.1, 0.15) is 23.7 Å².